The zero-order chi connectivity index (χ0) is 20.1. The zero-order valence-electron chi connectivity index (χ0n) is 18.6. The van der Waals surface area contributed by atoms with E-state index in [0.29, 0.717) is 0 Å². The van der Waals surface area contributed by atoms with Gasteiger partial charge in [0.25, 0.3) is 0 Å². The zero-order valence-corrected chi connectivity index (χ0v) is 19.7. The van der Waals surface area contributed by atoms with Gasteiger partial charge in [-0.2, -0.15) is 0 Å². The lowest BCUT2D eigenvalue weighted by Gasteiger charge is -2.60. The Labute approximate surface area is 169 Å². The maximum atomic E-state index is 13.4. The molecule has 2 unspecified atom stereocenters. The fraction of sp³-hybridized carbons (Fsp3) is 0.792. The van der Waals surface area contributed by atoms with Crippen LogP contribution in [0.2, 0.25) is 18.1 Å². The summed E-state index contributed by atoms with van der Waals surface area (Å²) in [6.07, 6.45) is 19.8. The smallest absolute Gasteiger partial charge is 0.228 e. The first-order valence-corrected chi connectivity index (χ1v) is 14.2. The van der Waals surface area contributed by atoms with E-state index in [1.807, 2.05) is 0 Å². The Morgan fingerprint density at radius 1 is 0.963 bits per heavy atom. The van der Waals surface area contributed by atoms with E-state index >= 15 is 0 Å². The topological polar surface area (TPSA) is 43.1 Å². The molecule has 2 rings (SSSR count). The Morgan fingerprint density at radius 3 is 1.89 bits per heavy atom. The molecule has 2 aliphatic rings. The fourth-order valence-corrected chi connectivity index (χ4v) is 10.6. The highest BCUT2D eigenvalue weighted by molar-refractivity contribution is 6.60. The summed E-state index contributed by atoms with van der Waals surface area (Å²) in [5.41, 5.74) is 7.28. The van der Waals surface area contributed by atoms with Crippen LogP contribution in [0.4, 0.5) is 0 Å². The standard InChI is InChI=1S/C24H43NOSi/c1-22(2,3)24(27(4)5)19-15-11-9-7-6-8-10-14-18-23(24,21(25)26)20-16-12-13-17-20/h12-13,16,27H,6-11,14-15,17-19H2,1-5H3,(H2,25,26). The van der Waals surface area contributed by atoms with Crippen LogP contribution < -0.4 is 5.73 Å². The predicted octanol–water partition coefficient (Wildman–Crippen LogP) is 6.53. The van der Waals surface area contributed by atoms with E-state index in [1.165, 1.54) is 50.5 Å². The highest BCUT2D eigenvalue weighted by Crippen LogP contribution is 2.68. The minimum Gasteiger partial charge on any atom is -0.369 e. The molecule has 0 aliphatic heterocycles. The van der Waals surface area contributed by atoms with Crippen LogP contribution in [0, 0.1) is 10.8 Å². The van der Waals surface area contributed by atoms with Crippen LogP contribution >= 0.6 is 0 Å². The third-order valence-corrected chi connectivity index (χ3v) is 11.3. The van der Waals surface area contributed by atoms with Gasteiger partial charge >= 0.3 is 0 Å². The van der Waals surface area contributed by atoms with Crippen LogP contribution in [0.3, 0.4) is 0 Å². The summed E-state index contributed by atoms with van der Waals surface area (Å²) < 4.78 is 0. The Balaban J connectivity index is 2.66. The molecule has 1 fully saturated rings. The van der Waals surface area contributed by atoms with E-state index in [-0.39, 0.29) is 16.4 Å². The second-order valence-corrected chi connectivity index (χ2v) is 13.6. The molecular formula is C24H43NOSi. The molecule has 1 amide bonds. The number of carbonyl (C=O) groups excluding carboxylic acids is 1. The number of hydrogen-bond donors (Lipinski definition) is 1. The van der Waals surface area contributed by atoms with Crippen molar-refractivity contribution in [3.63, 3.8) is 0 Å². The van der Waals surface area contributed by atoms with Gasteiger partial charge in [0.1, 0.15) is 0 Å². The molecule has 2 N–H and O–H groups in total. The number of allylic oxidation sites excluding steroid dienone is 3. The van der Waals surface area contributed by atoms with Crippen molar-refractivity contribution in [2.75, 3.05) is 0 Å². The molecule has 0 aromatic rings. The van der Waals surface area contributed by atoms with Crippen molar-refractivity contribution >= 4 is 14.7 Å². The van der Waals surface area contributed by atoms with E-state index < -0.39 is 14.2 Å². The van der Waals surface area contributed by atoms with Crippen molar-refractivity contribution in [2.24, 2.45) is 16.6 Å². The molecule has 0 saturated heterocycles. The van der Waals surface area contributed by atoms with Crippen LogP contribution in [0.1, 0.15) is 91.4 Å². The van der Waals surface area contributed by atoms with Crippen molar-refractivity contribution in [1.29, 1.82) is 0 Å². The average molecular weight is 390 g/mol. The quantitative estimate of drug-likeness (QED) is 0.548. The summed E-state index contributed by atoms with van der Waals surface area (Å²) >= 11 is 0. The molecule has 0 aromatic carbocycles. The van der Waals surface area contributed by atoms with Crippen LogP contribution in [0.25, 0.3) is 0 Å². The lowest BCUT2D eigenvalue weighted by Crippen LogP contribution is -2.58. The lowest BCUT2D eigenvalue weighted by molar-refractivity contribution is -0.131. The summed E-state index contributed by atoms with van der Waals surface area (Å²) in [7, 11) is -1.23. The number of rotatable bonds is 3. The predicted molar refractivity (Wildman–Crippen MR) is 121 cm³/mol. The lowest BCUT2D eigenvalue weighted by atomic mass is 9.55. The van der Waals surface area contributed by atoms with Crippen LogP contribution in [-0.2, 0) is 4.79 Å². The Kier molecular flexibility index (Phi) is 7.58. The van der Waals surface area contributed by atoms with E-state index in [0.717, 1.165) is 25.7 Å². The van der Waals surface area contributed by atoms with Gasteiger partial charge in [0, 0.05) is 8.80 Å². The fourth-order valence-electron chi connectivity index (χ4n) is 6.67. The molecule has 0 spiro atoms. The Hall–Kier alpha value is -0.833. The average Bonchev–Trinajstić information content (AvgIpc) is 3.08. The van der Waals surface area contributed by atoms with Crippen LogP contribution in [0.5, 0.6) is 0 Å². The van der Waals surface area contributed by atoms with Crippen molar-refractivity contribution in [3.05, 3.63) is 23.8 Å². The van der Waals surface area contributed by atoms with Crippen LogP contribution in [-0.4, -0.2) is 14.7 Å². The summed E-state index contributed by atoms with van der Waals surface area (Å²) in [5, 5.41) is 0.0167. The molecule has 3 heteroatoms. The maximum Gasteiger partial charge on any atom is 0.228 e. The maximum absolute atomic E-state index is 13.4. The third kappa shape index (κ3) is 4.13. The first kappa shape index (κ1) is 22.5. The molecule has 2 nitrogen and oxygen atoms in total. The van der Waals surface area contributed by atoms with Gasteiger partial charge in [-0.1, -0.05) is 109 Å². The highest BCUT2D eigenvalue weighted by atomic mass is 28.3. The molecule has 0 bridgehead atoms. The Bertz CT molecular complexity index is 571. The minimum atomic E-state index is -1.23. The normalized spacial score (nSPS) is 31.3. The molecule has 0 radical (unpaired) electrons. The van der Waals surface area contributed by atoms with Crippen molar-refractivity contribution < 1.29 is 4.79 Å². The van der Waals surface area contributed by atoms with Gasteiger partial charge in [-0.25, -0.2) is 0 Å². The minimum absolute atomic E-state index is 0.0167. The molecule has 0 heterocycles. The summed E-state index contributed by atoms with van der Waals surface area (Å²) in [4.78, 5) is 13.4. The first-order chi connectivity index (χ1) is 12.7. The van der Waals surface area contributed by atoms with Gasteiger partial charge in [-0.3, -0.25) is 4.79 Å². The van der Waals surface area contributed by atoms with Crippen LogP contribution in [0.15, 0.2) is 23.8 Å². The van der Waals surface area contributed by atoms with Gasteiger partial charge in [-0.15, -0.1) is 0 Å². The molecule has 154 valence electrons. The van der Waals surface area contributed by atoms with E-state index in [4.69, 9.17) is 5.73 Å². The molecule has 2 atom stereocenters. The number of hydrogen-bond acceptors (Lipinski definition) is 1. The van der Waals surface area contributed by atoms with Crippen molar-refractivity contribution in [3.8, 4) is 0 Å². The second-order valence-electron chi connectivity index (χ2n) is 10.3. The first-order valence-electron chi connectivity index (χ1n) is 11.4. The van der Waals surface area contributed by atoms with E-state index in [1.54, 1.807) is 0 Å². The van der Waals surface area contributed by atoms with Gasteiger partial charge in [0.15, 0.2) is 0 Å². The number of amides is 1. The Morgan fingerprint density at radius 2 is 1.48 bits per heavy atom. The molecular weight excluding hydrogens is 346 g/mol. The number of nitrogens with two attached hydrogens (primary N) is 1. The monoisotopic (exact) mass is 389 g/mol. The largest absolute Gasteiger partial charge is 0.369 e. The molecule has 0 aromatic heterocycles. The molecule has 2 aliphatic carbocycles. The van der Waals surface area contributed by atoms with E-state index in [2.05, 4.69) is 52.1 Å². The summed E-state index contributed by atoms with van der Waals surface area (Å²) in [5.74, 6) is -0.0503. The van der Waals surface area contributed by atoms with Gasteiger partial charge < -0.3 is 5.73 Å². The highest BCUT2D eigenvalue weighted by Gasteiger charge is 2.62. The third-order valence-electron chi connectivity index (χ3n) is 7.70. The summed E-state index contributed by atoms with van der Waals surface area (Å²) in [6.45, 7) is 12.1. The molecule has 1 saturated carbocycles. The van der Waals surface area contributed by atoms with Gasteiger partial charge in [0.05, 0.1) is 5.41 Å². The molecule has 27 heavy (non-hydrogen) atoms. The van der Waals surface area contributed by atoms with Gasteiger partial charge in [-0.05, 0) is 29.7 Å². The second kappa shape index (κ2) is 9.11. The van der Waals surface area contributed by atoms with Crippen molar-refractivity contribution in [1.82, 2.24) is 0 Å². The summed E-state index contributed by atoms with van der Waals surface area (Å²) in [6, 6.07) is 0. The van der Waals surface area contributed by atoms with Crippen molar-refractivity contribution in [2.45, 2.75) is 110 Å². The van der Waals surface area contributed by atoms with E-state index in [9.17, 15) is 4.79 Å². The van der Waals surface area contributed by atoms with Gasteiger partial charge in [0.2, 0.25) is 5.91 Å². The number of primary amides is 1. The number of carbonyl (C=O) groups is 1. The SMILES string of the molecule is C[SiH](C)C1(C(C)(C)C)CCCCCCCCCCC1(C(N)=O)C1=CC=CC1.